The summed E-state index contributed by atoms with van der Waals surface area (Å²) in [7, 11) is 0. The van der Waals surface area contributed by atoms with Gasteiger partial charge in [-0.15, -0.1) is 0 Å². The van der Waals surface area contributed by atoms with Crippen LogP contribution in [0.4, 0.5) is 0 Å². The number of hydrogen-bond donors (Lipinski definition) is 1. The third kappa shape index (κ3) is 3.49. The molecule has 1 heterocycles. The van der Waals surface area contributed by atoms with E-state index in [1.807, 2.05) is 18.2 Å². The number of carbonyl (C=O) groups excluding carboxylic acids is 1. The molecule has 22 heavy (non-hydrogen) atoms. The Morgan fingerprint density at radius 2 is 1.86 bits per heavy atom. The van der Waals surface area contributed by atoms with Crippen LogP contribution in [-0.2, 0) is 6.54 Å². The van der Waals surface area contributed by atoms with Gasteiger partial charge in [-0.1, -0.05) is 41.9 Å². The summed E-state index contributed by atoms with van der Waals surface area (Å²) in [6.07, 6.45) is 1.67. The molecule has 3 rings (SSSR count). The van der Waals surface area contributed by atoms with Gasteiger partial charge in [-0.2, -0.15) is 0 Å². The summed E-state index contributed by atoms with van der Waals surface area (Å²) < 4.78 is 0. The first-order valence-electron chi connectivity index (χ1n) is 7.27. The van der Waals surface area contributed by atoms with Crippen molar-refractivity contribution in [2.24, 2.45) is 0 Å². The summed E-state index contributed by atoms with van der Waals surface area (Å²) in [5.74, 6) is 0.864. The number of nitrogens with zero attached hydrogens (tertiary/aromatic N) is 1. The van der Waals surface area contributed by atoms with Gasteiger partial charge in [0.25, 0.3) is 0 Å². The van der Waals surface area contributed by atoms with Crippen molar-refractivity contribution in [3.8, 4) is 0 Å². The van der Waals surface area contributed by atoms with Crippen LogP contribution in [0.5, 0.6) is 0 Å². The monoisotopic (exact) mass is 312 g/mol. The summed E-state index contributed by atoms with van der Waals surface area (Å²) in [4.78, 5) is 14.5. The minimum absolute atomic E-state index is 0.0147. The summed E-state index contributed by atoms with van der Waals surface area (Å²) in [6.45, 7) is 2.55. The number of nitrogens with one attached hydrogen (secondary N) is 1. The number of carbonyl (C=O) groups is 1. The lowest BCUT2D eigenvalue weighted by molar-refractivity contribution is 0.104. The van der Waals surface area contributed by atoms with Gasteiger partial charge in [0.05, 0.1) is 0 Å². The smallest absolute Gasteiger partial charge is 0.189 e. The van der Waals surface area contributed by atoms with Crippen LogP contribution in [0.2, 0.25) is 5.02 Å². The van der Waals surface area contributed by atoms with E-state index in [-0.39, 0.29) is 5.78 Å². The Balaban J connectivity index is 1.74. The van der Waals surface area contributed by atoms with Gasteiger partial charge in [0.2, 0.25) is 0 Å². The van der Waals surface area contributed by atoms with Crippen LogP contribution in [0.1, 0.15) is 15.9 Å². The fourth-order valence-electron chi connectivity index (χ4n) is 2.48. The first kappa shape index (κ1) is 14.7. The fraction of sp³-hybridized carbons (Fsp3) is 0.167. The predicted molar refractivity (Wildman–Crippen MR) is 88.7 cm³/mol. The molecule has 2 aromatic rings. The molecule has 0 saturated carbocycles. The molecule has 0 aromatic heterocycles. The maximum absolute atomic E-state index is 12.3. The zero-order valence-electron chi connectivity index (χ0n) is 12.1. The molecule has 1 N–H and O–H groups in total. The molecule has 0 spiro atoms. The van der Waals surface area contributed by atoms with Crippen LogP contribution in [0.25, 0.3) is 0 Å². The average Bonchev–Trinajstić information content (AvgIpc) is 2.96. The Hall–Kier alpha value is -2.26. The molecule has 1 fully saturated rings. The molecule has 1 saturated heterocycles. The van der Waals surface area contributed by atoms with Gasteiger partial charge in [0.1, 0.15) is 5.82 Å². The third-order valence-electron chi connectivity index (χ3n) is 3.64. The van der Waals surface area contributed by atoms with E-state index in [4.69, 9.17) is 11.6 Å². The van der Waals surface area contributed by atoms with Gasteiger partial charge >= 0.3 is 0 Å². The lowest BCUT2D eigenvalue weighted by Gasteiger charge is -2.18. The normalized spacial score (nSPS) is 15.9. The van der Waals surface area contributed by atoms with Gasteiger partial charge in [0.15, 0.2) is 5.78 Å². The molecule has 112 valence electrons. The molecule has 1 aliphatic rings. The van der Waals surface area contributed by atoms with E-state index >= 15 is 0 Å². The van der Waals surface area contributed by atoms with Gasteiger partial charge in [-0.3, -0.25) is 4.79 Å². The van der Waals surface area contributed by atoms with E-state index in [0.29, 0.717) is 10.6 Å². The standard InChI is InChI=1S/C18H17ClN2O/c19-16-8-6-15(7-9-16)17(22)12-18-20-10-11-21(18)13-14-4-2-1-3-5-14/h1-9,12,20H,10-11,13H2/b18-12+. The number of hydrogen-bond acceptors (Lipinski definition) is 3. The number of benzene rings is 2. The highest BCUT2D eigenvalue weighted by molar-refractivity contribution is 6.30. The summed E-state index contributed by atoms with van der Waals surface area (Å²) >= 11 is 5.85. The predicted octanol–water partition coefficient (Wildman–Crippen LogP) is 3.47. The molecular formula is C18H17ClN2O. The van der Waals surface area contributed by atoms with Gasteiger partial charge in [-0.25, -0.2) is 0 Å². The van der Waals surface area contributed by atoms with Crippen LogP contribution in [-0.4, -0.2) is 23.8 Å². The highest BCUT2D eigenvalue weighted by Gasteiger charge is 2.18. The third-order valence-corrected chi connectivity index (χ3v) is 3.89. The molecule has 0 radical (unpaired) electrons. The SMILES string of the molecule is O=C(/C=C1\NCCN1Cc1ccccc1)c1ccc(Cl)cc1. The van der Waals surface area contributed by atoms with Gasteiger partial charge < -0.3 is 10.2 Å². The molecule has 0 atom stereocenters. The van der Waals surface area contributed by atoms with Crippen molar-refractivity contribution in [1.29, 1.82) is 0 Å². The molecule has 1 aliphatic heterocycles. The second kappa shape index (κ2) is 6.67. The van der Waals surface area contributed by atoms with E-state index in [0.717, 1.165) is 25.5 Å². The van der Waals surface area contributed by atoms with Crippen molar-refractivity contribution in [1.82, 2.24) is 10.2 Å². The first-order valence-corrected chi connectivity index (χ1v) is 7.64. The Morgan fingerprint density at radius 3 is 2.59 bits per heavy atom. The Bertz CT molecular complexity index is 680. The number of halogens is 1. The fourth-order valence-corrected chi connectivity index (χ4v) is 2.61. The van der Waals surface area contributed by atoms with Gasteiger partial charge in [0, 0.05) is 36.3 Å². The van der Waals surface area contributed by atoms with Crippen molar-refractivity contribution in [3.63, 3.8) is 0 Å². The van der Waals surface area contributed by atoms with E-state index in [9.17, 15) is 4.79 Å². The molecule has 0 unspecified atom stereocenters. The van der Waals surface area contributed by atoms with Crippen molar-refractivity contribution < 1.29 is 4.79 Å². The van der Waals surface area contributed by atoms with Crippen LogP contribution >= 0.6 is 11.6 Å². The quantitative estimate of drug-likeness (QED) is 0.693. The molecule has 0 bridgehead atoms. The molecular weight excluding hydrogens is 296 g/mol. The van der Waals surface area contributed by atoms with Crippen LogP contribution in [0, 0.1) is 0 Å². The highest BCUT2D eigenvalue weighted by atomic mass is 35.5. The second-order valence-corrected chi connectivity index (χ2v) is 5.67. The molecule has 3 nitrogen and oxygen atoms in total. The Morgan fingerprint density at radius 1 is 1.14 bits per heavy atom. The molecule has 0 aliphatic carbocycles. The molecule has 4 heteroatoms. The Kier molecular flexibility index (Phi) is 4.45. The second-order valence-electron chi connectivity index (χ2n) is 5.23. The Labute approximate surface area is 135 Å². The topological polar surface area (TPSA) is 32.3 Å². The van der Waals surface area contributed by atoms with Crippen LogP contribution < -0.4 is 5.32 Å². The van der Waals surface area contributed by atoms with E-state index in [2.05, 4.69) is 22.3 Å². The van der Waals surface area contributed by atoms with E-state index in [1.165, 1.54) is 5.56 Å². The van der Waals surface area contributed by atoms with Crippen LogP contribution in [0.15, 0.2) is 66.5 Å². The molecule has 0 amide bonds. The highest BCUT2D eigenvalue weighted by Crippen LogP contribution is 2.15. The lowest BCUT2D eigenvalue weighted by Crippen LogP contribution is -2.20. The minimum atomic E-state index is -0.0147. The number of ketones is 1. The zero-order valence-corrected chi connectivity index (χ0v) is 12.9. The van der Waals surface area contributed by atoms with Crippen molar-refractivity contribution in [2.45, 2.75) is 6.54 Å². The maximum Gasteiger partial charge on any atom is 0.189 e. The van der Waals surface area contributed by atoms with Gasteiger partial charge in [-0.05, 0) is 29.8 Å². The van der Waals surface area contributed by atoms with E-state index in [1.54, 1.807) is 30.3 Å². The van der Waals surface area contributed by atoms with E-state index < -0.39 is 0 Å². The van der Waals surface area contributed by atoms with Crippen molar-refractivity contribution in [2.75, 3.05) is 13.1 Å². The zero-order chi connectivity index (χ0) is 15.4. The van der Waals surface area contributed by atoms with Crippen molar-refractivity contribution >= 4 is 17.4 Å². The van der Waals surface area contributed by atoms with Crippen molar-refractivity contribution in [3.05, 3.63) is 82.6 Å². The van der Waals surface area contributed by atoms with Crippen LogP contribution in [0.3, 0.4) is 0 Å². The minimum Gasteiger partial charge on any atom is -0.370 e. The maximum atomic E-state index is 12.3. The summed E-state index contributed by atoms with van der Waals surface area (Å²) in [6, 6.07) is 17.2. The summed E-state index contributed by atoms with van der Waals surface area (Å²) in [5, 5.41) is 3.91. The number of rotatable bonds is 4. The molecule has 2 aromatic carbocycles. The lowest BCUT2D eigenvalue weighted by atomic mass is 10.1. The average molecular weight is 313 g/mol. The first-order chi connectivity index (χ1) is 10.7. The summed E-state index contributed by atoms with van der Waals surface area (Å²) in [5.41, 5.74) is 1.88. The largest absolute Gasteiger partial charge is 0.370 e. The number of allylic oxidation sites excluding steroid dienone is 1.